The van der Waals surface area contributed by atoms with Gasteiger partial charge in [-0.3, -0.25) is 9.79 Å². The summed E-state index contributed by atoms with van der Waals surface area (Å²) in [6.45, 7) is 1.43. The second kappa shape index (κ2) is 12.0. The Bertz CT molecular complexity index is 780. The van der Waals surface area contributed by atoms with E-state index in [0.29, 0.717) is 12.1 Å². The first kappa shape index (κ1) is 23.4. The summed E-state index contributed by atoms with van der Waals surface area (Å²) in [6.07, 6.45) is 0.812. The SMILES string of the molecule is CN=C(NCCc1cccc(C(=O)N(C)C)c1)NCc1cccc(Br)c1.I. The minimum Gasteiger partial charge on any atom is -0.356 e. The Labute approximate surface area is 186 Å². The van der Waals surface area contributed by atoms with Gasteiger partial charge in [0, 0.05) is 44.3 Å². The first-order valence-electron chi connectivity index (χ1n) is 8.49. The van der Waals surface area contributed by atoms with Crippen molar-refractivity contribution in [2.75, 3.05) is 27.7 Å². The van der Waals surface area contributed by atoms with Crippen LogP contribution in [0.1, 0.15) is 21.5 Å². The normalized spacial score (nSPS) is 10.7. The van der Waals surface area contributed by atoms with Gasteiger partial charge in [-0.1, -0.05) is 40.2 Å². The zero-order valence-electron chi connectivity index (χ0n) is 15.8. The van der Waals surface area contributed by atoms with Crippen molar-refractivity contribution in [1.29, 1.82) is 0 Å². The van der Waals surface area contributed by atoms with Gasteiger partial charge < -0.3 is 15.5 Å². The van der Waals surface area contributed by atoms with Gasteiger partial charge in [-0.2, -0.15) is 0 Å². The summed E-state index contributed by atoms with van der Waals surface area (Å²) in [4.78, 5) is 17.9. The molecule has 0 aromatic heterocycles. The number of nitrogens with one attached hydrogen (secondary N) is 2. The van der Waals surface area contributed by atoms with Crippen molar-refractivity contribution >= 4 is 51.8 Å². The maximum Gasteiger partial charge on any atom is 0.253 e. The third-order valence-electron chi connectivity index (χ3n) is 3.86. The van der Waals surface area contributed by atoms with Crippen LogP contribution in [0.15, 0.2) is 58.0 Å². The fraction of sp³-hybridized carbons (Fsp3) is 0.300. The Morgan fingerprint density at radius 1 is 1.07 bits per heavy atom. The zero-order chi connectivity index (χ0) is 18.9. The summed E-state index contributed by atoms with van der Waals surface area (Å²) in [6, 6.07) is 15.9. The first-order chi connectivity index (χ1) is 12.5. The lowest BCUT2D eigenvalue weighted by atomic mass is 10.1. The maximum atomic E-state index is 12.0. The van der Waals surface area contributed by atoms with Crippen LogP contribution in [0.25, 0.3) is 0 Å². The Hall–Kier alpha value is -1.61. The van der Waals surface area contributed by atoms with Gasteiger partial charge in [0.05, 0.1) is 0 Å². The van der Waals surface area contributed by atoms with Gasteiger partial charge in [0.2, 0.25) is 0 Å². The molecule has 2 aromatic rings. The number of guanidine groups is 1. The van der Waals surface area contributed by atoms with E-state index >= 15 is 0 Å². The number of carbonyl (C=O) groups is 1. The molecule has 0 fully saturated rings. The van der Waals surface area contributed by atoms with Crippen LogP contribution in [-0.2, 0) is 13.0 Å². The second-order valence-electron chi connectivity index (χ2n) is 6.13. The van der Waals surface area contributed by atoms with E-state index in [4.69, 9.17) is 0 Å². The molecule has 0 unspecified atom stereocenters. The Morgan fingerprint density at radius 3 is 2.44 bits per heavy atom. The van der Waals surface area contributed by atoms with Gasteiger partial charge in [-0.05, 0) is 41.8 Å². The average Bonchev–Trinajstić information content (AvgIpc) is 2.64. The minimum absolute atomic E-state index is 0. The van der Waals surface area contributed by atoms with E-state index in [1.165, 1.54) is 5.56 Å². The first-order valence-corrected chi connectivity index (χ1v) is 9.28. The third kappa shape index (κ3) is 7.88. The number of halogens is 2. The molecule has 0 saturated carbocycles. The highest BCUT2D eigenvalue weighted by Crippen LogP contribution is 2.11. The van der Waals surface area contributed by atoms with E-state index in [1.54, 1.807) is 26.0 Å². The highest BCUT2D eigenvalue weighted by atomic mass is 127. The van der Waals surface area contributed by atoms with Crippen LogP contribution in [0.2, 0.25) is 0 Å². The van der Waals surface area contributed by atoms with Gasteiger partial charge >= 0.3 is 0 Å². The molecular weight excluding hydrogens is 519 g/mol. The number of nitrogens with zero attached hydrogens (tertiary/aromatic N) is 2. The molecule has 2 aromatic carbocycles. The molecule has 0 aliphatic rings. The molecule has 7 heteroatoms. The fourth-order valence-electron chi connectivity index (χ4n) is 2.50. The zero-order valence-corrected chi connectivity index (χ0v) is 19.7. The Balaban J connectivity index is 0.00000364. The Morgan fingerprint density at radius 2 is 1.78 bits per heavy atom. The summed E-state index contributed by atoms with van der Waals surface area (Å²) in [5.41, 5.74) is 3.01. The highest BCUT2D eigenvalue weighted by molar-refractivity contribution is 14.0. The molecule has 0 saturated heterocycles. The van der Waals surface area contributed by atoms with E-state index < -0.39 is 0 Å². The molecule has 0 atom stereocenters. The molecule has 5 nitrogen and oxygen atoms in total. The molecule has 0 radical (unpaired) electrons. The van der Waals surface area contributed by atoms with Crippen LogP contribution in [0.3, 0.4) is 0 Å². The van der Waals surface area contributed by atoms with E-state index in [0.717, 1.165) is 29.0 Å². The van der Waals surface area contributed by atoms with Crippen LogP contribution < -0.4 is 10.6 Å². The number of aliphatic imine (C=N–C) groups is 1. The summed E-state index contributed by atoms with van der Waals surface area (Å²) < 4.78 is 1.06. The van der Waals surface area contributed by atoms with Crippen LogP contribution in [0.5, 0.6) is 0 Å². The molecule has 27 heavy (non-hydrogen) atoms. The molecule has 2 N–H and O–H groups in total. The molecule has 1 amide bonds. The topological polar surface area (TPSA) is 56.7 Å². The van der Waals surface area contributed by atoms with Crippen molar-refractivity contribution in [1.82, 2.24) is 15.5 Å². The quantitative estimate of drug-likeness (QED) is 0.331. The van der Waals surface area contributed by atoms with Crippen LogP contribution >= 0.6 is 39.9 Å². The summed E-state index contributed by atoms with van der Waals surface area (Å²) >= 11 is 3.48. The largest absolute Gasteiger partial charge is 0.356 e. The lowest BCUT2D eigenvalue weighted by Crippen LogP contribution is -2.37. The molecule has 2 rings (SSSR count). The van der Waals surface area contributed by atoms with E-state index in [1.807, 2.05) is 36.4 Å². The number of hydrogen-bond acceptors (Lipinski definition) is 2. The lowest BCUT2D eigenvalue weighted by molar-refractivity contribution is 0.0827. The van der Waals surface area contributed by atoms with Crippen molar-refractivity contribution in [2.45, 2.75) is 13.0 Å². The van der Waals surface area contributed by atoms with Crippen molar-refractivity contribution in [3.63, 3.8) is 0 Å². The lowest BCUT2D eigenvalue weighted by Gasteiger charge is -2.13. The van der Waals surface area contributed by atoms with E-state index in [-0.39, 0.29) is 29.9 Å². The van der Waals surface area contributed by atoms with Crippen LogP contribution in [0.4, 0.5) is 0 Å². The van der Waals surface area contributed by atoms with Gasteiger partial charge in [-0.25, -0.2) is 0 Å². The van der Waals surface area contributed by atoms with Gasteiger partial charge in [0.15, 0.2) is 5.96 Å². The van der Waals surface area contributed by atoms with Crippen LogP contribution in [0, 0.1) is 0 Å². The number of benzene rings is 2. The van der Waals surface area contributed by atoms with Gasteiger partial charge in [0.1, 0.15) is 0 Å². The number of amides is 1. The van der Waals surface area contributed by atoms with Crippen molar-refractivity contribution in [2.24, 2.45) is 4.99 Å². The van der Waals surface area contributed by atoms with Crippen molar-refractivity contribution in [3.05, 3.63) is 69.7 Å². The molecule has 0 heterocycles. The highest BCUT2D eigenvalue weighted by Gasteiger charge is 2.08. The van der Waals surface area contributed by atoms with E-state index in [9.17, 15) is 4.79 Å². The van der Waals surface area contributed by atoms with Gasteiger partial charge in [0.25, 0.3) is 5.91 Å². The Kier molecular flexibility index (Phi) is 10.4. The maximum absolute atomic E-state index is 12.0. The predicted octanol–water partition coefficient (Wildman–Crippen LogP) is 3.68. The smallest absolute Gasteiger partial charge is 0.253 e. The predicted molar refractivity (Wildman–Crippen MR) is 126 cm³/mol. The molecule has 0 bridgehead atoms. The summed E-state index contributed by atoms with van der Waals surface area (Å²) in [5, 5.41) is 6.61. The fourth-order valence-corrected chi connectivity index (χ4v) is 2.94. The molecule has 146 valence electrons. The van der Waals surface area contributed by atoms with Crippen molar-refractivity contribution < 1.29 is 4.79 Å². The van der Waals surface area contributed by atoms with E-state index in [2.05, 4.69) is 43.7 Å². The van der Waals surface area contributed by atoms with Gasteiger partial charge in [-0.15, -0.1) is 24.0 Å². The molecule has 0 aliphatic carbocycles. The number of rotatable bonds is 6. The monoisotopic (exact) mass is 544 g/mol. The molecule has 0 spiro atoms. The average molecular weight is 545 g/mol. The summed E-state index contributed by atoms with van der Waals surface area (Å²) in [5.74, 6) is 0.775. The standard InChI is InChI=1S/C20H25BrN4O.HI/c1-22-20(24-14-16-7-5-9-18(21)13-16)23-11-10-15-6-4-8-17(12-15)19(26)25(2)3;/h4-9,12-13H,10-11,14H2,1-3H3,(H2,22,23,24);1H. The third-order valence-corrected chi connectivity index (χ3v) is 4.35. The number of hydrogen-bond donors (Lipinski definition) is 2. The molecule has 0 aliphatic heterocycles. The minimum atomic E-state index is 0. The molecular formula is C20H26BrIN4O. The summed E-state index contributed by atoms with van der Waals surface area (Å²) in [7, 11) is 5.28. The van der Waals surface area contributed by atoms with Crippen LogP contribution in [-0.4, -0.2) is 44.5 Å². The second-order valence-corrected chi connectivity index (χ2v) is 7.05. The number of carbonyl (C=O) groups excluding carboxylic acids is 1. The van der Waals surface area contributed by atoms with Crippen molar-refractivity contribution in [3.8, 4) is 0 Å².